The predicted octanol–water partition coefficient (Wildman–Crippen LogP) is 5.74. The van der Waals surface area contributed by atoms with Gasteiger partial charge in [-0.05, 0) is 59.9 Å². The van der Waals surface area contributed by atoms with Gasteiger partial charge in [-0.15, -0.1) is 0 Å². The lowest BCUT2D eigenvalue weighted by Gasteiger charge is -2.45. The lowest BCUT2D eigenvalue weighted by Crippen LogP contribution is -2.41. The highest BCUT2D eigenvalue weighted by Crippen LogP contribution is 2.61. The van der Waals surface area contributed by atoms with Crippen LogP contribution in [0, 0.1) is 25.7 Å². The molecule has 2 atom stereocenters. The second-order valence-corrected chi connectivity index (χ2v) is 11.1. The van der Waals surface area contributed by atoms with Gasteiger partial charge in [0, 0.05) is 17.4 Å². The molecule has 0 saturated carbocycles. The van der Waals surface area contributed by atoms with Gasteiger partial charge in [-0.25, -0.2) is 9.69 Å². The maximum Gasteiger partial charge on any atom is 0.340 e. The second kappa shape index (κ2) is 9.37. The quantitative estimate of drug-likeness (QED) is 0.183. The molecule has 1 fully saturated rings. The smallest absolute Gasteiger partial charge is 0.340 e. The van der Waals surface area contributed by atoms with Crippen molar-refractivity contribution < 1.29 is 23.9 Å². The van der Waals surface area contributed by atoms with E-state index < -0.39 is 24.4 Å². The first-order valence-corrected chi connectivity index (χ1v) is 13.8. The molecule has 8 rings (SSSR count). The molecule has 4 aromatic carbocycles. The van der Waals surface area contributed by atoms with Crippen LogP contribution >= 0.6 is 0 Å². The van der Waals surface area contributed by atoms with E-state index >= 15 is 0 Å². The van der Waals surface area contributed by atoms with Crippen LogP contribution in [0.3, 0.4) is 0 Å². The summed E-state index contributed by atoms with van der Waals surface area (Å²) < 4.78 is 5.45. The van der Waals surface area contributed by atoms with Crippen molar-refractivity contribution in [3.63, 3.8) is 0 Å². The molecular formula is C35H27NO5. The molecule has 2 bridgehead atoms. The summed E-state index contributed by atoms with van der Waals surface area (Å²) in [4.78, 5) is 55.7. The summed E-state index contributed by atoms with van der Waals surface area (Å²) in [6, 6.07) is 28.1. The summed E-state index contributed by atoms with van der Waals surface area (Å²) in [5, 5.41) is 0. The summed E-state index contributed by atoms with van der Waals surface area (Å²) in [5.41, 5.74) is 6.81. The van der Waals surface area contributed by atoms with Gasteiger partial charge in [0.15, 0.2) is 6.61 Å². The lowest BCUT2D eigenvalue weighted by molar-refractivity contribution is -0.122. The van der Waals surface area contributed by atoms with Crippen molar-refractivity contribution in [2.45, 2.75) is 25.7 Å². The molecule has 2 amide bonds. The number of ether oxygens (including phenoxy) is 1. The molecule has 1 aliphatic heterocycles. The fraction of sp³-hybridized carbons (Fsp3) is 0.200. The number of carbonyl (C=O) groups excluding carboxylic acids is 4. The third-order valence-electron chi connectivity index (χ3n) is 8.84. The molecule has 1 saturated heterocycles. The third-order valence-corrected chi connectivity index (χ3v) is 8.84. The Kier molecular flexibility index (Phi) is 5.75. The molecule has 41 heavy (non-hydrogen) atoms. The summed E-state index contributed by atoms with van der Waals surface area (Å²) in [7, 11) is 0. The molecule has 0 aromatic heterocycles. The molecular weight excluding hydrogens is 514 g/mol. The molecule has 0 radical (unpaired) electrons. The number of hydrogen-bond acceptors (Lipinski definition) is 5. The Morgan fingerprint density at radius 3 is 1.76 bits per heavy atom. The van der Waals surface area contributed by atoms with Crippen molar-refractivity contribution in [2.75, 3.05) is 11.5 Å². The zero-order chi connectivity index (χ0) is 28.4. The van der Waals surface area contributed by atoms with E-state index in [0.717, 1.165) is 33.4 Å². The van der Waals surface area contributed by atoms with Crippen LogP contribution in [-0.2, 0) is 14.3 Å². The van der Waals surface area contributed by atoms with Crippen LogP contribution in [0.1, 0.15) is 65.9 Å². The fourth-order valence-corrected chi connectivity index (χ4v) is 7.08. The van der Waals surface area contributed by atoms with E-state index in [0.29, 0.717) is 5.56 Å². The van der Waals surface area contributed by atoms with Gasteiger partial charge in [-0.3, -0.25) is 14.4 Å². The summed E-state index contributed by atoms with van der Waals surface area (Å²) in [6.07, 6.45) is 0. The van der Waals surface area contributed by atoms with E-state index in [9.17, 15) is 19.2 Å². The Labute approximate surface area is 237 Å². The first-order valence-electron chi connectivity index (χ1n) is 13.8. The second-order valence-electron chi connectivity index (χ2n) is 11.1. The SMILES string of the molecule is Cc1ccc(C)c(C(=O)COC(=O)c2ccccc2N2C(=O)[C@@H]3C4c5ccccc5C(c5ccccc54)[C@H]3C2=O)c1. The van der Waals surface area contributed by atoms with Crippen LogP contribution in [0.2, 0.25) is 0 Å². The van der Waals surface area contributed by atoms with Crippen molar-refractivity contribution in [1.82, 2.24) is 0 Å². The number of nitrogens with zero attached hydrogens (tertiary/aromatic N) is 1. The van der Waals surface area contributed by atoms with E-state index in [-0.39, 0.29) is 40.7 Å². The van der Waals surface area contributed by atoms with Gasteiger partial charge in [0.1, 0.15) is 0 Å². The molecule has 0 N–H and O–H groups in total. The Morgan fingerprint density at radius 1 is 0.683 bits per heavy atom. The number of carbonyl (C=O) groups is 4. The molecule has 4 aliphatic rings. The number of hydrogen-bond donors (Lipinski definition) is 0. The number of ketones is 1. The Bertz CT molecular complexity index is 1670. The highest BCUT2D eigenvalue weighted by atomic mass is 16.5. The standard InChI is InChI=1S/C35H27NO5/c1-19-15-16-20(2)26(17-19)28(37)18-41-35(40)25-13-7-8-14-27(25)36-33(38)31-29-21-9-3-4-10-22(21)30(32(31)34(36)39)24-12-6-5-11-23(24)29/h3-17,29-32H,18H2,1-2H3/t29?,30?,31-,32-/m1/s1. The fourth-order valence-electron chi connectivity index (χ4n) is 7.08. The highest BCUT2D eigenvalue weighted by molar-refractivity contribution is 6.25. The summed E-state index contributed by atoms with van der Waals surface area (Å²) in [6.45, 7) is 3.28. The van der Waals surface area contributed by atoms with Crippen LogP contribution in [0.4, 0.5) is 5.69 Å². The zero-order valence-corrected chi connectivity index (χ0v) is 22.7. The molecule has 202 valence electrons. The van der Waals surface area contributed by atoms with E-state index in [4.69, 9.17) is 4.74 Å². The molecule has 6 nitrogen and oxygen atoms in total. The van der Waals surface area contributed by atoms with Gasteiger partial charge in [0.2, 0.25) is 17.6 Å². The lowest BCUT2D eigenvalue weighted by atomic mass is 9.55. The van der Waals surface area contributed by atoms with Crippen LogP contribution < -0.4 is 4.90 Å². The third kappa shape index (κ3) is 3.70. The van der Waals surface area contributed by atoms with Crippen LogP contribution in [0.5, 0.6) is 0 Å². The molecule has 6 heteroatoms. The van der Waals surface area contributed by atoms with Crippen molar-refractivity contribution in [3.8, 4) is 0 Å². The first-order chi connectivity index (χ1) is 19.9. The predicted molar refractivity (Wildman–Crippen MR) is 153 cm³/mol. The van der Waals surface area contributed by atoms with Crippen molar-refractivity contribution in [1.29, 1.82) is 0 Å². The summed E-state index contributed by atoms with van der Waals surface area (Å²) >= 11 is 0. The number of esters is 1. The van der Waals surface area contributed by atoms with Gasteiger partial charge in [-0.2, -0.15) is 0 Å². The maximum absolute atomic E-state index is 14.2. The van der Waals surface area contributed by atoms with Crippen molar-refractivity contribution in [2.24, 2.45) is 11.8 Å². The number of rotatable bonds is 5. The molecule has 3 aliphatic carbocycles. The number of anilines is 1. The van der Waals surface area contributed by atoms with Crippen LogP contribution in [0.25, 0.3) is 0 Å². The topological polar surface area (TPSA) is 80.8 Å². The number of amides is 2. The monoisotopic (exact) mass is 541 g/mol. The zero-order valence-electron chi connectivity index (χ0n) is 22.7. The number of benzene rings is 4. The van der Waals surface area contributed by atoms with Gasteiger partial charge in [-0.1, -0.05) is 78.4 Å². The Balaban J connectivity index is 1.22. The van der Waals surface area contributed by atoms with E-state index in [1.807, 2.05) is 50.2 Å². The van der Waals surface area contributed by atoms with Gasteiger partial charge >= 0.3 is 5.97 Å². The van der Waals surface area contributed by atoms with Crippen LogP contribution in [0.15, 0.2) is 91.0 Å². The average molecular weight is 542 g/mol. The van der Waals surface area contributed by atoms with Crippen molar-refractivity contribution in [3.05, 3.63) is 136 Å². The largest absolute Gasteiger partial charge is 0.454 e. The Morgan fingerprint density at radius 2 is 1.20 bits per heavy atom. The first kappa shape index (κ1) is 25.1. The van der Waals surface area contributed by atoms with Gasteiger partial charge < -0.3 is 4.74 Å². The summed E-state index contributed by atoms with van der Waals surface area (Å²) in [5.74, 6) is -3.31. The van der Waals surface area contributed by atoms with Gasteiger partial charge in [0.25, 0.3) is 0 Å². The Hall–Kier alpha value is -4.84. The number of imide groups is 1. The highest BCUT2D eigenvalue weighted by Gasteiger charge is 2.62. The molecule has 1 heterocycles. The molecule has 4 aromatic rings. The van der Waals surface area contributed by atoms with Gasteiger partial charge in [0.05, 0.1) is 23.1 Å². The van der Waals surface area contributed by atoms with E-state index in [2.05, 4.69) is 24.3 Å². The molecule has 0 unspecified atom stereocenters. The van der Waals surface area contributed by atoms with E-state index in [1.54, 1.807) is 24.3 Å². The minimum Gasteiger partial charge on any atom is -0.454 e. The van der Waals surface area contributed by atoms with Crippen LogP contribution in [-0.4, -0.2) is 30.2 Å². The number of para-hydroxylation sites is 1. The van der Waals surface area contributed by atoms with Crippen molar-refractivity contribution >= 4 is 29.3 Å². The minimum absolute atomic E-state index is 0.0731. The normalized spacial score (nSPS) is 21.8. The maximum atomic E-state index is 14.2. The number of aryl methyl sites for hydroxylation is 2. The minimum atomic E-state index is -0.760. The van der Waals surface area contributed by atoms with E-state index in [1.165, 1.54) is 11.0 Å². The molecule has 0 spiro atoms. The average Bonchev–Trinajstić information content (AvgIpc) is 3.26. The number of Topliss-reactive ketones (excluding diaryl/α,β-unsaturated/α-hetero) is 1.